The molecule has 0 spiro atoms. The van der Waals surface area contributed by atoms with Crippen molar-refractivity contribution in [3.05, 3.63) is 24.3 Å². The largest absolute Gasteiger partial charge is 0.444 e. The number of aromatic nitrogens is 2. The van der Waals surface area contributed by atoms with Crippen molar-refractivity contribution in [1.82, 2.24) is 14.5 Å². The van der Waals surface area contributed by atoms with E-state index >= 15 is 0 Å². The maximum Gasteiger partial charge on any atom is 0.410 e. The normalized spacial score (nSPS) is 20.3. The Labute approximate surface area is 149 Å². The summed E-state index contributed by atoms with van der Waals surface area (Å²) >= 11 is 0. The van der Waals surface area contributed by atoms with Crippen molar-refractivity contribution in [2.75, 3.05) is 19.3 Å². The predicted octanol–water partition coefficient (Wildman–Crippen LogP) is 3.83. The van der Waals surface area contributed by atoms with Crippen LogP contribution in [0.5, 0.6) is 0 Å². The van der Waals surface area contributed by atoms with Crippen molar-refractivity contribution < 1.29 is 9.53 Å². The van der Waals surface area contributed by atoms with Gasteiger partial charge in [-0.2, -0.15) is 0 Å². The molecule has 1 amide bonds. The lowest BCUT2D eigenvalue weighted by atomic mass is 9.78. The van der Waals surface area contributed by atoms with Crippen LogP contribution in [0.2, 0.25) is 0 Å². The van der Waals surface area contributed by atoms with Crippen LogP contribution < -0.4 is 5.73 Å². The first kappa shape index (κ1) is 17.6. The number of hydrogen-bond acceptors (Lipinski definition) is 4. The number of imidazole rings is 1. The van der Waals surface area contributed by atoms with E-state index in [2.05, 4.69) is 15.6 Å². The van der Waals surface area contributed by atoms with Crippen molar-refractivity contribution in [2.45, 2.75) is 51.7 Å². The number of rotatable bonds is 4. The minimum atomic E-state index is -0.451. The molecule has 0 unspecified atom stereocenters. The van der Waals surface area contributed by atoms with Gasteiger partial charge >= 0.3 is 6.09 Å². The average molecular weight is 344 g/mol. The summed E-state index contributed by atoms with van der Waals surface area (Å²) in [6.07, 6.45) is 2.88. The summed E-state index contributed by atoms with van der Waals surface area (Å²) in [7, 11) is 1.80. The van der Waals surface area contributed by atoms with Gasteiger partial charge in [0.1, 0.15) is 5.60 Å². The quantitative estimate of drug-likeness (QED) is 0.915. The number of fused-ring (bicyclic) bond motifs is 1. The summed E-state index contributed by atoms with van der Waals surface area (Å²) in [6.45, 7) is 6.37. The maximum atomic E-state index is 12.0. The number of carbonyl (C=O) groups is 1. The van der Waals surface area contributed by atoms with Gasteiger partial charge in [0.05, 0.1) is 11.0 Å². The number of carbonyl (C=O) groups excluding carboxylic acids is 1. The fraction of sp³-hybridized carbons (Fsp3) is 0.579. The second-order valence-corrected chi connectivity index (χ2v) is 8.01. The van der Waals surface area contributed by atoms with Gasteiger partial charge in [-0.3, -0.25) is 0 Å². The lowest BCUT2D eigenvalue weighted by Crippen LogP contribution is -2.36. The summed E-state index contributed by atoms with van der Waals surface area (Å²) in [4.78, 5) is 18.1. The monoisotopic (exact) mass is 344 g/mol. The van der Waals surface area contributed by atoms with E-state index in [-0.39, 0.29) is 6.09 Å². The Hall–Kier alpha value is -2.24. The van der Waals surface area contributed by atoms with Crippen LogP contribution in [0.3, 0.4) is 0 Å². The fourth-order valence-electron chi connectivity index (χ4n) is 3.40. The molecule has 0 aliphatic heterocycles. The lowest BCUT2D eigenvalue weighted by Gasteiger charge is -2.37. The van der Waals surface area contributed by atoms with Crippen LogP contribution in [0.15, 0.2) is 24.3 Å². The second kappa shape index (κ2) is 6.58. The Kier molecular flexibility index (Phi) is 4.62. The lowest BCUT2D eigenvalue weighted by molar-refractivity contribution is 0.0277. The Morgan fingerprint density at radius 2 is 2.04 bits per heavy atom. The van der Waals surface area contributed by atoms with E-state index in [1.54, 1.807) is 11.9 Å². The van der Waals surface area contributed by atoms with Crippen molar-refractivity contribution >= 4 is 23.1 Å². The number of anilines is 1. The van der Waals surface area contributed by atoms with Gasteiger partial charge in [0.2, 0.25) is 5.95 Å². The van der Waals surface area contributed by atoms with Crippen molar-refractivity contribution in [3.63, 3.8) is 0 Å². The summed E-state index contributed by atoms with van der Waals surface area (Å²) in [5, 5.41) is 0. The highest BCUT2D eigenvalue weighted by Crippen LogP contribution is 2.42. The average Bonchev–Trinajstić information content (AvgIpc) is 2.80. The summed E-state index contributed by atoms with van der Waals surface area (Å²) in [6, 6.07) is 8.47. The Morgan fingerprint density at radius 3 is 2.72 bits per heavy atom. The number of benzene rings is 1. The first-order valence-corrected chi connectivity index (χ1v) is 8.91. The van der Waals surface area contributed by atoms with Gasteiger partial charge in [-0.1, -0.05) is 12.1 Å². The van der Waals surface area contributed by atoms with Crippen LogP contribution in [0.25, 0.3) is 11.0 Å². The van der Waals surface area contributed by atoms with Crippen LogP contribution in [0.4, 0.5) is 10.7 Å². The van der Waals surface area contributed by atoms with E-state index in [0.29, 0.717) is 24.5 Å². The zero-order valence-corrected chi connectivity index (χ0v) is 15.5. The van der Waals surface area contributed by atoms with E-state index in [0.717, 1.165) is 30.3 Å². The number of nitrogens with zero attached hydrogens (tertiary/aromatic N) is 3. The third-order valence-electron chi connectivity index (χ3n) is 4.78. The van der Waals surface area contributed by atoms with Gasteiger partial charge in [0.25, 0.3) is 0 Å². The summed E-state index contributed by atoms with van der Waals surface area (Å²) in [5.74, 6) is 1.20. The highest BCUT2D eigenvalue weighted by Gasteiger charge is 2.33. The minimum absolute atomic E-state index is 0.256. The topological polar surface area (TPSA) is 73.4 Å². The van der Waals surface area contributed by atoms with E-state index in [9.17, 15) is 4.79 Å². The minimum Gasteiger partial charge on any atom is -0.444 e. The molecule has 0 bridgehead atoms. The SMILES string of the molecule is CN(CCC1CC(n2c(N)nc3ccccc32)C1)C(=O)OC(C)(C)C. The molecule has 2 N–H and O–H groups in total. The second-order valence-electron chi connectivity index (χ2n) is 8.01. The van der Waals surface area contributed by atoms with Crippen LogP contribution in [0.1, 0.15) is 46.1 Å². The van der Waals surface area contributed by atoms with E-state index < -0.39 is 5.60 Å². The molecule has 1 saturated carbocycles. The van der Waals surface area contributed by atoms with Gasteiger partial charge < -0.3 is 19.9 Å². The fourth-order valence-corrected chi connectivity index (χ4v) is 3.40. The first-order valence-electron chi connectivity index (χ1n) is 8.91. The summed E-state index contributed by atoms with van der Waals surface area (Å²) in [5.41, 5.74) is 7.72. The number of hydrogen-bond donors (Lipinski definition) is 1. The third kappa shape index (κ3) is 3.89. The van der Waals surface area contributed by atoms with Gasteiger partial charge in [0.15, 0.2) is 0 Å². The molecular weight excluding hydrogens is 316 g/mol. The van der Waals surface area contributed by atoms with Crippen molar-refractivity contribution in [1.29, 1.82) is 0 Å². The van der Waals surface area contributed by atoms with E-state index in [1.165, 1.54) is 0 Å². The van der Waals surface area contributed by atoms with Crippen LogP contribution in [0, 0.1) is 5.92 Å². The van der Waals surface area contributed by atoms with Gasteiger partial charge in [0, 0.05) is 19.6 Å². The molecular formula is C19H28N4O2. The Morgan fingerprint density at radius 1 is 1.36 bits per heavy atom. The highest BCUT2D eigenvalue weighted by molar-refractivity contribution is 5.78. The van der Waals surface area contributed by atoms with Crippen LogP contribution in [-0.2, 0) is 4.74 Å². The molecule has 0 atom stereocenters. The molecule has 6 heteroatoms. The standard InChI is InChI=1S/C19H28N4O2/c1-19(2,3)25-18(24)22(4)10-9-13-11-14(12-13)23-16-8-6-5-7-15(16)21-17(23)20/h5-8,13-14H,9-12H2,1-4H3,(H2,20,21). The first-order chi connectivity index (χ1) is 11.7. The molecule has 136 valence electrons. The van der Waals surface area contributed by atoms with Gasteiger partial charge in [-0.15, -0.1) is 0 Å². The van der Waals surface area contributed by atoms with Crippen LogP contribution in [-0.4, -0.2) is 39.7 Å². The third-order valence-corrected chi connectivity index (χ3v) is 4.78. The van der Waals surface area contributed by atoms with Gasteiger partial charge in [-0.05, 0) is 58.1 Å². The molecule has 1 aromatic carbocycles. The zero-order chi connectivity index (χ0) is 18.2. The van der Waals surface area contributed by atoms with E-state index in [4.69, 9.17) is 10.5 Å². The van der Waals surface area contributed by atoms with E-state index in [1.807, 2.05) is 39.0 Å². The number of amides is 1. The molecule has 0 saturated heterocycles. The van der Waals surface area contributed by atoms with Crippen molar-refractivity contribution in [2.24, 2.45) is 5.92 Å². The molecule has 1 aromatic heterocycles. The molecule has 1 fully saturated rings. The Balaban J connectivity index is 1.51. The number of para-hydroxylation sites is 2. The Bertz CT molecular complexity index is 756. The molecule has 3 rings (SSSR count). The molecule has 0 radical (unpaired) electrons. The zero-order valence-electron chi connectivity index (χ0n) is 15.5. The number of nitrogen functional groups attached to an aromatic ring is 1. The highest BCUT2D eigenvalue weighted by atomic mass is 16.6. The maximum absolute atomic E-state index is 12.0. The number of ether oxygens (including phenoxy) is 1. The predicted molar refractivity (Wildman–Crippen MR) is 99.4 cm³/mol. The summed E-state index contributed by atoms with van der Waals surface area (Å²) < 4.78 is 7.54. The smallest absolute Gasteiger partial charge is 0.410 e. The van der Waals surface area contributed by atoms with Crippen LogP contribution >= 0.6 is 0 Å². The van der Waals surface area contributed by atoms with Crippen molar-refractivity contribution in [3.8, 4) is 0 Å². The molecule has 1 aliphatic carbocycles. The molecule has 6 nitrogen and oxygen atoms in total. The number of nitrogens with two attached hydrogens (primary N) is 1. The molecule has 1 heterocycles. The van der Waals surface area contributed by atoms with Gasteiger partial charge in [-0.25, -0.2) is 9.78 Å². The molecule has 1 aliphatic rings. The molecule has 25 heavy (non-hydrogen) atoms. The molecule has 2 aromatic rings.